The number of benzene rings is 5. The van der Waals surface area contributed by atoms with Crippen molar-refractivity contribution in [1.82, 2.24) is 35.6 Å². The van der Waals surface area contributed by atoms with Crippen LogP contribution in [0, 0.1) is 20.2 Å². The fourth-order valence-corrected chi connectivity index (χ4v) is 9.49. The van der Waals surface area contributed by atoms with Crippen LogP contribution in [0.2, 0.25) is 0 Å². The molecule has 22 heteroatoms. The summed E-state index contributed by atoms with van der Waals surface area (Å²) in [5.74, 6) is -5.24. The molecule has 3 aliphatic rings. The summed E-state index contributed by atoms with van der Waals surface area (Å²) in [7, 11) is 0. The first-order valence-corrected chi connectivity index (χ1v) is 24.3. The summed E-state index contributed by atoms with van der Waals surface area (Å²) in [6.07, 6.45) is 4.10. The van der Waals surface area contributed by atoms with E-state index in [9.17, 15) is 63.4 Å². The maximum atomic E-state index is 14.9. The third kappa shape index (κ3) is 11.4. The molecule has 0 spiro atoms. The van der Waals surface area contributed by atoms with Crippen molar-refractivity contribution in [2.75, 3.05) is 45.8 Å². The lowest BCUT2D eigenvalue weighted by Crippen LogP contribution is -2.55. The van der Waals surface area contributed by atoms with E-state index in [0.29, 0.717) is 41.0 Å². The van der Waals surface area contributed by atoms with Crippen LogP contribution in [0.4, 0.5) is 11.4 Å². The highest BCUT2D eigenvalue weighted by Crippen LogP contribution is 2.35. The van der Waals surface area contributed by atoms with Gasteiger partial charge in [-0.05, 0) is 61.2 Å². The summed E-state index contributed by atoms with van der Waals surface area (Å²) in [5, 5.41) is 33.5. The first-order chi connectivity index (χ1) is 36.0. The van der Waals surface area contributed by atoms with Crippen LogP contribution in [-0.2, 0) is 30.4 Å². The van der Waals surface area contributed by atoms with Gasteiger partial charge in [-0.25, -0.2) is 0 Å². The number of carbonyl (C=O) groups excluding carboxylic acids is 9. The number of hydrogen-bond donors (Lipinski definition) is 3. The first-order valence-electron chi connectivity index (χ1n) is 24.3. The van der Waals surface area contributed by atoms with Crippen LogP contribution in [0.3, 0.4) is 0 Å². The Labute approximate surface area is 428 Å². The van der Waals surface area contributed by atoms with Gasteiger partial charge in [0.25, 0.3) is 46.8 Å². The lowest BCUT2D eigenvalue weighted by molar-refractivity contribution is -0.384. The average molecular weight is 1020 g/mol. The molecule has 8 rings (SSSR count). The molecule has 5 aromatic carbocycles. The number of amides is 9. The third-order valence-corrected chi connectivity index (χ3v) is 13.3. The van der Waals surface area contributed by atoms with Gasteiger partial charge < -0.3 is 20.9 Å². The van der Waals surface area contributed by atoms with Crippen LogP contribution in [0.15, 0.2) is 103 Å². The molecule has 0 saturated heterocycles. The molecule has 0 radical (unpaired) electrons. The van der Waals surface area contributed by atoms with E-state index in [1.807, 2.05) is 0 Å². The zero-order valence-electron chi connectivity index (χ0n) is 40.7. The van der Waals surface area contributed by atoms with Crippen LogP contribution < -0.4 is 16.0 Å². The molecule has 0 bridgehead atoms. The van der Waals surface area contributed by atoms with Gasteiger partial charge in [-0.2, -0.15) is 0 Å². The standard InChI is InChI=1S/C53H51N9O13/c1-32(55-43(63)17-6-3-7-23-58-44(64)18-19-45(58)65)48(66)56-42(27-33-11-4-2-5-12-33)53(71)57(25-26-60-50(68)39-16-9-14-35-29-37(62(74)75)31-41(47(35)39)52(60)70)22-10-20-54-21-24-59-49(67)38-15-8-13-34-28-36(61(72)73)30-40(46(34)38)51(59)69/h2,4-5,8-9,11-16,18-19,28-32,42,54H,3,6-7,10,17,20-27H2,1H3,(H,55,63)(H,56,66)/t32-,42-/m0/s1. The molecule has 3 N–H and O–H groups in total. The van der Waals surface area contributed by atoms with E-state index in [4.69, 9.17) is 0 Å². The zero-order chi connectivity index (χ0) is 53.5. The number of nitrogens with one attached hydrogen (secondary N) is 3. The minimum absolute atomic E-state index is 0.00309. The van der Waals surface area contributed by atoms with Gasteiger partial charge >= 0.3 is 0 Å². The van der Waals surface area contributed by atoms with E-state index in [1.54, 1.807) is 60.7 Å². The number of nitrogens with zero attached hydrogens (tertiary/aromatic N) is 6. The molecule has 0 saturated carbocycles. The number of nitro benzene ring substituents is 2. The molecule has 2 atom stereocenters. The van der Waals surface area contributed by atoms with Gasteiger partial charge in [-0.3, -0.25) is 78.1 Å². The van der Waals surface area contributed by atoms with Crippen molar-refractivity contribution in [1.29, 1.82) is 0 Å². The van der Waals surface area contributed by atoms with Gasteiger partial charge in [-0.1, -0.05) is 61.0 Å². The van der Waals surface area contributed by atoms with E-state index in [2.05, 4.69) is 16.0 Å². The number of unbranched alkanes of at least 4 members (excludes halogenated alkanes) is 2. The average Bonchev–Trinajstić information content (AvgIpc) is 3.72. The van der Waals surface area contributed by atoms with Gasteiger partial charge in [0.15, 0.2) is 0 Å². The molecule has 3 heterocycles. The summed E-state index contributed by atoms with van der Waals surface area (Å²) in [4.78, 5) is 147. The predicted molar refractivity (Wildman–Crippen MR) is 270 cm³/mol. The molecule has 0 aromatic heterocycles. The Morgan fingerprint density at radius 3 is 1.72 bits per heavy atom. The van der Waals surface area contributed by atoms with E-state index in [0.717, 1.165) is 26.8 Å². The Bertz CT molecular complexity index is 3210. The Morgan fingerprint density at radius 1 is 0.587 bits per heavy atom. The Balaban J connectivity index is 0.954. The minimum Gasteiger partial charge on any atom is -0.345 e. The molecule has 75 heavy (non-hydrogen) atoms. The molecular weight excluding hydrogens is 971 g/mol. The number of rotatable bonds is 24. The van der Waals surface area contributed by atoms with Gasteiger partial charge in [0.05, 0.1) is 21.0 Å². The molecule has 0 fully saturated rings. The normalized spacial score (nSPS) is 14.7. The topological polar surface area (TPSA) is 289 Å². The smallest absolute Gasteiger partial charge is 0.270 e. The molecule has 386 valence electrons. The largest absolute Gasteiger partial charge is 0.345 e. The van der Waals surface area contributed by atoms with Gasteiger partial charge in [0.1, 0.15) is 12.1 Å². The number of carbonyl (C=O) groups is 9. The summed E-state index contributed by atoms with van der Waals surface area (Å²) in [6.45, 7) is 1.27. The molecule has 0 unspecified atom stereocenters. The maximum Gasteiger partial charge on any atom is 0.270 e. The van der Waals surface area contributed by atoms with Crippen molar-refractivity contribution < 1.29 is 53.0 Å². The molecular formula is C53H51N9O13. The predicted octanol–water partition coefficient (Wildman–Crippen LogP) is 4.23. The molecule has 9 amide bonds. The van der Waals surface area contributed by atoms with Crippen LogP contribution in [0.1, 0.15) is 86.0 Å². The van der Waals surface area contributed by atoms with E-state index < -0.39 is 75.1 Å². The van der Waals surface area contributed by atoms with Gasteiger partial charge in [0.2, 0.25) is 17.7 Å². The number of hydrogen-bond acceptors (Lipinski definition) is 14. The highest BCUT2D eigenvalue weighted by molar-refractivity contribution is 6.27. The molecule has 5 aromatic rings. The Morgan fingerprint density at radius 2 is 1.15 bits per heavy atom. The number of imide groups is 3. The second-order valence-electron chi connectivity index (χ2n) is 18.3. The van der Waals surface area contributed by atoms with Crippen molar-refractivity contribution >= 4 is 86.1 Å². The van der Waals surface area contributed by atoms with Crippen molar-refractivity contribution in [2.45, 2.75) is 57.5 Å². The SMILES string of the molecule is C[C@H](NC(=O)CCCCCN1C(=O)C=CC1=O)C(=O)N[C@@H](Cc1ccccc1)C(=O)N(CCCNCCN1C(=O)c2cccc3cc([N+](=O)[O-])cc(c23)C1=O)CCN1C(=O)c2cccc3cc([N+](=O)[O-])cc(c23)C1=O. The molecule has 0 aliphatic carbocycles. The van der Waals surface area contributed by atoms with Gasteiger partial charge in [0, 0.05) is 110 Å². The summed E-state index contributed by atoms with van der Waals surface area (Å²) < 4.78 is 0. The van der Waals surface area contributed by atoms with E-state index in [1.165, 1.54) is 42.2 Å². The maximum absolute atomic E-state index is 14.9. The van der Waals surface area contributed by atoms with E-state index in [-0.39, 0.29) is 104 Å². The molecule has 3 aliphatic heterocycles. The van der Waals surface area contributed by atoms with E-state index >= 15 is 0 Å². The third-order valence-electron chi connectivity index (χ3n) is 13.3. The fourth-order valence-electron chi connectivity index (χ4n) is 9.49. The van der Waals surface area contributed by atoms with Crippen molar-refractivity contribution in [2.24, 2.45) is 0 Å². The van der Waals surface area contributed by atoms with Crippen molar-refractivity contribution in [3.8, 4) is 0 Å². The Hall–Kier alpha value is -9.05. The van der Waals surface area contributed by atoms with Crippen LogP contribution >= 0.6 is 0 Å². The second kappa shape index (κ2) is 22.8. The van der Waals surface area contributed by atoms with Crippen LogP contribution in [-0.4, -0.2) is 141 Å². The summed E-state index contributed by atoms with van der Waals surface area (Å²) in [6, 6.07) is 20.7. The monoisotopic (exact) mass is 1020 g/mol. The second-order valence-corrected chi connectivity index (χ2v) is 18.3. The van der Waals surface area contributed by atoms with Crippen LogP contribution in [0.25, 0.3) is 21.5 Å². The minimum atomic E-state index is -1.23. The molecule has 22 nitrogen and oxygen atoms in total. The number of nitro groups is 2. The summed E-state index contributed by atoms with van der Waals surface area (Å²) >= 11 is 0. The highest BCUT2D eigenvalue weighted by Gasteiger charge is 2.37. The number of non-ortho nitro benzene ring substituents is 2. The Kier molecular flexibility index (Phi) is 15.9. The van der Waals surface area contributed by atoms with Crippen molar-refractivity contribution in [3.05, 3.63) is 151 Å². The lowest BCUT2D eigenvalue weighted by Gasteiger charge is -2.32. The zero-order valence-corrected chi connectivity index (χ0v) is 40.7. The fraction of sp³-hybridized carbons (Fsp3) is 0.302. The quantitative estimate of drug-likeness (QED) is 0.0338. The lowest BCUT2D eigenvalue weighted by atomic mass is 9.93. The van der Waals surface area contributed by atoms with Gasteiger partial charge in [-0.15, -0.1) is 0 Å². The highest BCUT2D eigenvalue weighted by atomic mass is 16.6. The summed E-state index contributed by atoms with van der Waals surface area (Å²) in [5.41, 5.74) is 0.356. The van der Waals surface area contributed by atoms with Crippen molar-refractivity contribution in [3.63, 3.8) is 0 Å². The first kappa shape index (κ1) is 52.3. The van der Waals surface area contributed by atoms with Crippen LogP contribution in [0.5, 0.6) is 0 Å².